The van der Waals surface area contributed by atoms with Crippen LogP contribution in [-0.2, 0) is 19.0 Å². The lowest BCUT2D eigenvalue weighted by atomic mass is 9.89. The van der Waals surface area contributed by atoms with Crippen LogP contribution < -0.4 is 5.32 Å². The SMILES string of the molecule is COC(=O)NCCOCCOCCC(=O)C(C)(C)C. The van der Waals surface area contributed by atoms with Crippen molar-refractivity contribution in [3.05, 3.63) is 0 Å². The highest BCUT2D eigenvalue weighted by atomic mass is 16.5. The zero-order valence-corrected chi connectivity index (χ0v) is 12.3. The van der Waals surface area contributed by atoms with Crippen LogP contribution in [0.4, 0.5) is 4.79 Å². The summed E-state index contributed by atoms with van der Waals surface area (Å²) in [4.78, 5) is 22.3. The molecular formula is C13H25NO5. The highest BCUT2D eigenvalue weighted by Crippen LogP contribution is 2.16. The molecule has 1 N–H and O–H groups in total. The van der Waals surface area contributed by atoms with Gasteiger partial charge in [0.25, 0.3) is 0 Å². The number of ether oxygens (including phenoxy) is 3. The fraction of sp³-hybridized carbons (Fsp3) is 0.846. The molecule has 19 heavy (non-hydrogen) atoms. The molecule has 0 fully saturated rings. The van der Waals surface area contributed by atoms with Crippen molar-refractivity contribution < 1.29 is 23.8 Å². The zero-order valence-electron chi connectivity index (χ0n) is 12.3. The summed E-state index contributed by atoms with van der Waals surface area (Å²) in [7, 11) is 1.31. The summed E-state index contributed by atoms with van der Waals surface area (Å²) in [6, 6.07) is 0. The molecule has 0 radical (unpaired) electrons. The van der Waals surface area contributed by atoms with Crippen molar-refractivity contribution in [2.24, 2.45) is 5.41 Å². The maximum atomic E-state index is 11.6. The number of methoxy groups -OCH3 is 1. The van der Waals surface area contributed by atoms with Crippen LogP contribution in [0.3, 0.4) is 0 Å². The minimum atomic E-state index is -0.472. The van der Waals surface area contributed by atoms with Crippen molar-refractivity contribution in [3.8, 4) is 0 Å². The third kappa shape index (κ3) is 10.5. The molecule has 1 amide bonds. The molecule has 0 aromatic carbocycles. The zero-order chi connectivity index (χ0) is 14.7. The fourth-order valence-electron chi connectivity index (χ4n) is 1.16. The van der Waals surface area contributed by atoms with Crippen LogP contribution in [0.5, 0.6) is 0 Å². The van der Waals surface area contributed by atoms with Crippen LogP contribution in [0.2, 0.25) is 0 Å². The molecule has 6 nitrogen and oxygen atoms in total. The number of alkyl carbamates (subject to hydrolysis) is 1. The van der Waals surface area contributed by atoms with Gasteiger partial charge in [0.2, 0.25) is 0 Å². The average Bonchev–Trinajstić information content (AvgIpc) is 2.34. The Kier molecular flexibility index (Phi) is 9.16. The van der Waals surface area contributed by atoms with E-state index in [1.807, 2.05) is 20.8 Å². The molecule has 0 saturated heterocycles. The molecular weight excluding hydrogens is 250 g/mol. The van der Waals surface area contributed by atoms with Crippen molar-refractivity contribution in [1.82, 2.24) is 5.32 Å². The Morgan fingerprint density at radius 3 is 2.11 bits per heavy atom. The lowest BCUT2D eigenvalue weighted by Crippen LogP contribution is -2.27. The van der Waals surface area contributed by atoms with Gasteiger partial charge >= 0.3 is 6.09 Å². The second-order valence-electron chi connectivity index (χ2n) is 5.07. The molecule has 0 aliphatic carbocycles. The Hall–Kier alpha value is -1.14. The van der Waals surface area contributed by atoms with Crippen molar-refractivity contribution in [2.45, 2.75) is 27.2 Å². The monoisotopic (exact) mass is 275 g/mol. The van der Waals surface area contributed by atoms with Crippen LogP contribution in [0.25, 0.3) is 0 Å². The molecule has 0 aliphatic heterocycles. The Morgan fingerprint density at radius 1 is 1.00 bits per heavy atom. The average molecular weight is 275 g/mol. The molecule has 0 atom stereocenters. The van der Waals surface area contributed by atoms with E-state index in [4.69, 9.17) is 9.47 Å². The molecule has 0 bridgehead atoms. The van der Waals surface area contributed by atoms with Crippen LogP contribution in [0.15, 0.2) is 0 Å². The molecule has 0 aliphatic rings. The number of carbonyl (C=O) groups excluding carboxylic acids is 2. The number of hydrogen-bond acceptors (Lipinski definition) is 5. The summed E-state index contributed by atoms with van der Waals surface area (Å²) < 4.78 is 14.9. The normalized spacial score (nSPS) is 11.2. The quantitative estimate of drug-likeness (QED) is 0.643. The van der Waals surface area contributed by atoms with E-state index in [1.165, 1.54) is 7.11 Å². The fourth-order valence-corrected chi connectivity index (χ4v) is 1.16. The predicted octanol–water partition coefficient (Wildman–Crippen LogP) is 1.38. The summed E-state index contributed by atoms with van der Waals surface area (Å²) >= 11 is 0. The standard InChI is InChI=1S/C13H25NO5/c1-13(2,3)11(15)5-7-18-9-10-19-8-6-14-12(16)17-4/h5-10H2,1-4H3,(H,14,16). The first-order chi connectivity index (χ1) is 8.88. The van der Waals surface area contributed by atoms with E-state index in [9.17, 15) is 9.59 Å². The number of ketones is 1. The lowest BCUT2D eigenvalue weighted by molar-refractivity contribution is -0.127. The van der Waals surface area contributed by atoms with Gasteiger partial charge in [-0.25, -0.2) is 4.79 Å². The van der Waals surface area contributed by atoms with Gasteiger partial charge in [0.05, 0.1) is 33.5 Å². The molecule has 112 valence electrons. The van der Waals surface area contributed by atoms with Crippen LogP contribution >= 0.6 is 0 Å². The largest absolute Gasteiger partial charge is 0.453 e. The van der Waals surface area contributed by atoms with E-state index >= 15 is 0 Å². The molecule has 6 heteroatoms. The highest BCUT2D eigenvalue weighted by Gasteiger charge is 2.20. The minimum absolute atomic E-state index is 0.190. The number of nitrogens with one attached hydrogen (secondary N) is 1. The lowest BCUT2D eigenvalue weighted by Gasteiger charge is -2.16. The second-order valence-corrected chi connectivity index (χ2v) is 5.07. The highest BCUT2D eigenvalue weighted by molar-refractivity contribution is 5.83. The first-order valence-corrected chi connectivity index (χ1v) is 6.38. The number of rotatable bonds is 9. The smallest absolute Gasteiger partial charge is 0.406 e. The number of amides is 1. The molecule has 0 aromatic rings. The first kappa shape index (κ1) is 17.9. The maximum Gasteiger partial charge on any atom is 0.406 e. The van der Waals surface area contributed by atoms with Crippen LogP contribution in [0, 0.1) is 5.41 Å². The predicted molar refractivity (Wildman–Crippen MR) is 71.1 cm³/mol. The van der Waals surface area contributed by atoms with E-state index in [0.29, 0.717) is 39.4 Å². The van der Waals surface area contributed by atoms with Crippen LogP contribution in [0.1, 0.15) is 27.2 Å². The van der Waals surface area contributed by atoms with Gasteiger partial charge in [-0.15, -0.1) is 0 Å². The van der Waals surface area contributed by atoms with Gasteiger partial charge < -0.3 is 19.5 Å². The van der Waals surface area contributed by atoms with Gasteiger partial charge in [0.1, 0.15) is 5.78 Å². The summed E-state index contributed by atoms with van der Waals surface area (Å²) in [6.45, 7) is 7.78. The van der Waals surface area contributed by atoms with E-state index in [1.54, 1.807) is 0 Å². The summed E-state index contributed by atoms with van der Waals surface area (Å²) in [5.74, 6) is 0.190. The van der Waals surface area contributed by atoms with E-state index in [0.717, 1.165) is 0 Å². The molecule has 0 rings (SSSR count). The van der Waals surface area contributed by atoms with Gasteiger partial charge in [0.15, 0.2) is 0 Å². The molecule has 0 heterocycles. The molecule has 0 saturated carbocycles. The topological polar surface area (TPSA) is 73.9 Å². The Labute approximate surface area is 114 Å². The van der Waals surface area contributed by atoms with Crippen molar-refractivity contribution in [1.29, 1.82) is 0 Å². The Balaban J connectivity index is 3.28. The Morgan fingerprint density at radius 2 is 1.58 bits per heavy atom. The Bertz CT molecular complexity index is 273. The van der Waals surface area contributed by atoms with Crippen molar-refractivity contribution in [3.63, 3.8) is 0 Å². The molecule has 0 spiro atoms. The molecule has 0 aromatic heterocycles. The summed E-state index contributed by atoms with van der Waals surface area (Å²) in [6.07, 6.45) is -0.0477. The van der Waals surface area contributed by atoms with Crippen molar-refractivity contribution in [2.75, 3.05) is 40.1 Å². The van der Waals surface area contributed by atoms with E-state index in [-0.39, 0.29) is 11.2 Å². The number of carbonyl (C=O) groups is 2. The van der Waals surface area contributed by atoms with Crippen molar-refractivity contribution >= 4 is 11.9 Å². The van der Waals surface area contributed by atoms with Gasteiger partial charge in [-0.05, 0) is 0 Å². The van der Waals surface area contributed by atoms with E-state index < -0.39 is 6.09 Å². The van der Waals surface area contributed by atoms with E-state index in [2.05, 4.69) is 10.1 Å². The van der Waals surface area contributed by atoms with Gasteiger partial charge in [-0.3, -0.25) is 4.79 Å². The van der Waals surface area contributed by atoms with Gasteiger partial charge in [0, 0.05) is 18.4 Å². The number of hydrogen-bond donors (Lipinski definition) is 1. The second kappa shape index (κ2) is 9.75. The number of Topliss-reactive ketones (excluding diaryl/α,β-unsaturated/α-hetero) is 1. The molecule has 0 unspecified atom stereocenters. The third-order valence-electron chi connectivity index (χ3n) is 2.38. The van der Waals surface area contributed by atoms with Gasteiger partial charge in [-0.2, -0.15) is 0 Å². The summed E-state index contributed by atoms with van der Waals surface area (Å²) in [5.41, 5.74) is -0.306. The maximum absolute atomic E-state index is 11.6. The van der Waals surface area contributed by atoms with Gasteiger partial charge in [-0.1, -0.05) is 20.8 Å². The summed E-state index contributed by atoms with van der Waals surface area (Å²) in [5, 5.41) is 2.49. The van der Waals surface area contributed by atoms with Crippen LogP contribution in [-0.4, -0.2) is 52.0 Å². The first-order valence-electron chi connectivity index (χ1n) is 6.38. The third-order valence-corrected chi connectivity index (χ3v) is 2.38. The minimum Gasteiger partial charge on any atom is -0.453 e.